The van der Waals surface area contributed by atoms with Gasteiger partial charge in [0.2, 0.25) is 0 Å². The summed E-state index contributed by atoms with van der Waals surface area (Å²) in [5.74, 6) is -0.0745. The summed E-state index contributed by atoms with van der Waals surface area (Å²) in [6.07, 6.45) is 0.702. The van der Waals surface area contributed by atoms with E-state index in [2.05, 4.69) is 11.4 Å². The van der Waals surface area contributed by atoms with Gasteiger partial charge >= 0.3 is 0 Å². The monoisotopic (exact) mass is 264 g/mol. The van der Waals surface area contributed by atoms with Gasteiger partial charge in [0.15, 0.2) is 0 Å². The molecule has 3 heteroatoms. The topological polar surface area (TPSA) is 52.9 Å². The smallest absolute Gasteiger partial charge is 0.251 e. The average molecular weight is 264 g/mol. The maximum Gasteiger partial charge on any atom is 0.251 e. The molecule has 0 aliphatic heterocycles. The lowest BCUT2D eigenvalue weighted by molar-refractivity contribution is 0.0940. The first-order valence-corrected chi connectivity index (χ1v) is 6.54. The zero-order valence-electron chi connectivity index (χ0n) is 11.3. The Balaban J connectivity index is 1.97. The Hall–Kier alpha value is -2.60. The Morgan fingerprint density at radius 1 is 1.20 bits per heavy atom. The molecule has 0 radical (unpaired) electrons. The molecule has 3 nitrogen and oxygen atoms in total. The van der Waals surface area contributed by atoms with Gasteiger partial charge in [0, 0.05) is 11.6 Å². The van der Waals surface area contributed by atoms with E-state index in [-0.39, 0.29) is 11.9 Å². The Morgan fingerprint density at radius 2 is 1.95 bits per heavy atom. The minimum atomic E-state index is -0.0745. The molecule has 20 heavy (non-hydrogen) atoms. The largest absolute Gasteiger partial charge is 0.349 e. The molecule has 0 bridgehead atoms. The van der Waals surface area contributed by atoms with Gasteiger partial charge in [-0.25, -0.2) is 0 Å². The molecular weight excluding hydrogens is 248 g/mol. The first kappa shape index (κ1) is 13.8. The molecule has 1 atom stereocenters. The summed E-state index contributed by atoms with van der Waals surface area (Å²) < 4.78 is 0. The first-order chi connectivity index (χ1) is 9.69. The summed E-state index contributed by atoms with van der Waals surface area (Å²) in [7, 11) is 0. The summed E-state index contributed by atoms with van der Waals surface area (Å²) in [6.45, 7) is 1.96. The van der Waals surface area contributed by atoms with Crippen molar-refractivity contribution >= 4 is 5.91 Å². The van der Waals surface area contributed by atoms with Crippen molar-refractivity contribution in [2.45, 2.75) is 19.4 Å². The number of nitrogens with one attached hydrogen (secondary N) is 1. The number of hydrogen-bond acceptors (Lipinski definition) is 2. The zero-order valence-corrected chi connectivity index (χ0v) is 11.3. The third-order valence-electron chi connectivity index (χ3n) is 3.01. The van der Waals surface area contributed by atoms with Gasteiger partial charge in [0.1, 0.15) is 0 Å². The van der Waals surface area contributed by atoms with Crippen LogP contribution in [-0.4, -0.2) is 11.9 Å². The van der Waals surface area contributed by atoms with Crippen LogP contribution in [0.4, 0.5) is 0 Å². The summed E-state index contributed by atoms with van der Waals surface area (Å²) >= 11 is 0. The van der Waals surface area contributed by atoms with Crippen LogP contribution in [0.2, 0.25) is 0 Å². The third-order valence-corrected chi connectivity index (χ3v) is 3.01. The van der Waals surface area contributed by atoms with Crippen LogP contribution in [0, 0.1) is 11.3 Å². The molecule has 0 heterocycles. The van der Waals surface area contributed by atoms with Crippen molar-refractivity contribution in [1.29, 1.82) is 5.26 Å². The minimum Gasteiger partial charge on any atom is -0.349 e. The minimum absolute atomic E-state index is 0.0108. The number of hydrogen-bond donors (Lipinski definition) is 1. The highest BCUT2D eigenvalue weighted by Gasteiger charge is 2.10. The van der Waals surface area contributed by atoms with Crippen LogP contribution in [0.1, 0.15) is 28.4 Å². The van der Waals surface area contributed by atoms with Gasteiger partial charge in [-0.3, -0.25) is 4.79 Å². The van der Waals surface area contributed by atoms with Crippen LogP contribution >= 0.6 is 0 Å². The van der Waals surface area contributed by atoms with Crippen molar-refractivity contribution in [2.24, 2.45) is 0 Å². The van der Waals surface area contributed by atoms with E-state index in [1.165, 1.54) is 0 Å². The quantitative estimate of drug-likeness (QED) is 0.923. The Morgan fingerprint density at radius 3 is 2.65 bits per heavy atom. The number of amides is 1. The third kappa shape index (κ3) is 3.69. The fraction of sp³-hybridized carbons (Fsp3) is 0.176. The van der Waals surface area contributed by atoms with E-state index < -0.39 is 0 Å². The van der Waals surface area contributed by atoms with Gasteiger partial charge < -0.3 is 5.32 Å². The van der Waals surface area contributed by atoms with E-state index in [0.29, 0.717) is 17.5 Å². The van der Waals surface area contributed by atoms with Gasteiger partial charge in [-0.05, 0) is 43.2 Å². The molecule has 0 aliphatic carbocycles. The average Bonchev–Trinajstić information content (AvgIpc) is 2.48. The van der Waals surface area contributed by atoms with Crippen LogP contribution in [0.15, 0.2) is 54.6 Å². The van der Waals surface area contributed by atoms with Crippen LogP contribution < -0.4 is 5.32 Å². The molecule has 0 fully saturated rings. The van der Waals surface area contributed by atoms with Gasteiger partial charge in [-0.2, -0.15) is 5.26 Å². The summed E-state index contributed by atoms with van der Waals surface area (Å²) in [5.41, 5.74) is 2.35. The molecule has 1 amide bonds. The predicted octanol–water partition coefficient (Wildman–Crippen LogP) is 2.92. The van der Waals surface area contributed by atoms with Gasteiger partial charge in [-0.1, -0.05) is 30.3 Å². The standard InChI is InChI=1S/C17H16N2O/c1-13(10-14-6-5-7-15(11-14)12-18)19-17(20)16-8-3-2-4-9-16/h2-9,11,13H,10H2,1H3,(H,19,20). The van der Waals surface area contributed by atoms with Crippen molar-refractivity contribution in [3.05, 3.63) is 71.3 Å². The molecule has 1 N–H and O–H groups in total. The van der Waals surface area contributed by atoms with Crippen molar-refractivity contribution in [3.63, 3.8) is 0 Å². The zero-order chi connectivity index (χ0) is 14.4. The summed E-state index contributed by atoms with van der Waals surface area (Å²) in [5, 5.41) is 11.8. The molecule has 0 spiro atoms. The molecule has 0 aliphatic rings. The lowest BCUT2D eigenvalue weighted by Crippen LogP contribution is -2.34. The molecule has 2 aromatic carbocycles. The van der Waals surface area contributed by atoms with E-state index in [1.54, 1.807) is 18.2 Å². The maximum absolute atomic E-state index is 12.0. The highest BCUT2D eigenvalue weighted by Crippen LogP contribution is 2.07. The molecule has 2 aromatic rings. The number of carbonyl (C=O) groups excluding carboxylic acids is 1. The van der Waals surface area contributed by atoms with Gasteiger partial charge in [0.05, 0.1) is 11.6 Å². The van der Waals surface area contributed by atoms with E-state index in [9.17, 15) is 4.79 Å². The summed E-state index contributed by atoms with van der Waals surface area (Å²) in [4.78, 5) is 12.0. The van der Waals surface area contributed by atoms with E-state index in [1.807, 2.05) is 43.3 Å². The Kier molecular flexibility index (Phi) is 4.52. The molecular formula is C17H16N2O. The van der Waals surface area contributed by atoms with E-state index in [0.717, 1.165) is 5.56 Å². The predicted molar refractivity (Wildman–Crippen MR) is 78.2 cm³/mol. The number of rotatable bonds is 4. The highest BCUT2D eigenvalue weighted by atomic mass is 16.1. The second-order valence-electron chi connectivity index (χ2n) is 4.76. The second-order valence-corrected chi connectivity index (χ2v) is 4.76. The number of nitrogens with zero attached hydrogens (tertiary/aromatic N) is 1. The number of nitriles is 1. The molecule has 1 unspecified atom stereocenters. The highest BCUT2D eigenvalue weighted by molar-refractivity contribution is 5.94. The number of carbonyl (C=O) groups is 1. The molecule has 2 rings (SSSR count). The number of benzene rings is 2. The second kappa shape index (κ2) is 6.53. The van der Waals surface area contributed by atoms with Crippen LogP contribution in [0.25, 0.3) is 0 Å². The van der Waals surface area contributed by atoms with Crippen molar-refractivity contribution in [1.82, 2.24) is 5.32 Å². The van der Waals surface area contributed by atoms with Gasteiger partial charge in [-0.15, -0.1) is 0 Å². The Labute approximate surface area is 118 Å². The van der Waals surface area contributed by atoms with Crippen molar-refractivity contribution in [2.75, 3.05) is 0 Å². The van der Waals surface area contributed by atoms with Crippen molar-refractivity contribution in [3.8, 4) is 6.07 Å². The van der Waals surface area contributed by atoms with Crippen LogP contribution in [-0.2, 0) is 6.42 Å². The molecule has 0 saturated carbocycles. The van der Waals surface area contributed by atoms with E-state index in [4.69, 9.17) is 5.26 Å². The van der Waals surface area contributed by atoms with E-state index >= 15 is 0 Å². The van der Waals surface area contributed by atoms with Crippen molar-refractivity contribution < 1.29 is 4.79 Å². The normalized spacial score (nSPS) is 11.4. The van der Waals surface area contributed by atoms with Gasteiger partial charge in [0.25, 0.3) is 5.91 Å². The fourth-order valence-electron chi connectivity index (χ4n) is 2.07. The van der Waals surface area contributed by atoms with Crippen LogP contribution in [0.3, 0.4) is 0 Å². The molecule has 0 saturated heterocycles. The Bertz CT molecular complexity index is 629. The lowest BCUT2D eigenvalue weighted by Gasteiger charge is -2.14. The summed E-state index contributed by atoms with van der Waals surface area (Å²) in [6, 6.07) is 18.7. The lowest BCUT2D eigenvalue weighted by atomic mass is 10.0. The fourth-order valence-corrected chi connectivity index (χ4v) is 2.07. The molecule has 0 aromatic heterocycles. The van der Waals surface area contributed by atoms with Crippen LogP contribution in [0.5, 0.6) is 0 Å². The first-order valence-electron chi connectivity index (χ1n) is 6.54. The SMILES string of the molecule is CC(Cc1cccc(C#N)c1)NC(=O)c1ccccc1. The maximum atomic E-state index is 12.0. The molecule has 100 valence electrons.